The van der Waals surface area contributed by atoms with Gasteiger partial charge in [-0.2, -0.15) is 0 Å². The van der Waals surface area contributed by atoms with Crippen LogP contribution in [-0.4, -0.2) is 47.9 Å². The number of amides is 2. The van der Waals surface area contributed by atoms with Gasteiger partial charge < -0.3 is 15.0 Å². The Morgan fingerprint density at radius 3 is 2.19 bits per heavy atom. The Bertz CT molecular complexity index is 1320. The van der Waals surface area contributed by atoms with Crippen LogP contribution in [0, 0.1) is 17.6 Å². The van der Waals surface area contributed by atoms with Gasteiger partial charge in [-0.25, -0.2) is 8.78 Å². The van der Waals surface area contributed by atoms with Crippen LogP contribution in [0.15, 0.2) is 66.7 Å². The Morgan fingerprint density at radius 1 is 0.952 bits per heavy atom. The highest BCUT2D eigenvalue weighted by molar-refractivity contribution is 5.94. The molecule has 0 spiro atoms. The molecule has 0 unspecified atom stereocenters. The first-order valence-electron chi connectivity index (χ1n) is 14.8. The minimum absolute atomic E-state index is 0.0423. The maximum absolute atomic E-state index is 14.2. The first kappa shape index (κ1) is 31.2. The van der Waals surface area contributed by atoms with Gasteiger partial charge in [0.2, 0.25) is 5.91 Å². The SMILES string of the molecule is CCC(CC)C(=O)N(Cc1ccc(C(=O)NCc2ccc(OC)cc2)cc1)C1CCN(Cc2ccc(F)cc2F)CC1. The summed E-state index contributed by atoms with van der Waals surface area (Å²) < 4.78 is 32.7. The van der Waals surface area contributed by atoms with Gasteiger partial charge in [0.1, 0.15) is 17.4 Å². The fourth-order valence-electron chi connectivity index (χ4n) is 5.53. The van der Waals surface area contributed by atoms with E-state index in [9.17, 15) is 18.4 Å². The monoisotopic (exact) mass is 577 g/mol. The maximum atomic E-state index is 14.2. The number of nitrogens with zero attached hydrogens (tertiary/aromatic N) is 2. The van der Waals surface area contributed by atoms with Gasteiger partial charge >= 0.3 is 0 Å². The summed E-state index contributed by atoms with van der Waals surface area (Å²) >= 11 is 0. The van der Waals surface area contributed by atoms with Gasteiger partial charge in [-0.3, -0.25) is 14.5 Å². The van der Waals surface area contributed by atoms with Gasteiger partial charge in [-0.15, -0.1) is 0 Å². The lowest BCUT2D eigenvalue weighted by atomic mass is 9.96. The van der Waals surface area contributed by atoms with Crippen molar-refractivity contribution >= 4 is 11.8 Å². The molecule has 6 nitrogen and oxygen atoms in total. The standard InChI is InChI=1S/C34H41F2N3O3/c1-4-26(5-2)34(41)39(30-16-18-38(19-17-30)23-28-12-13-29(35)20-32(28)36)22-25-6-10-27(11-7-25)33(40)37-21-24-8-14-31(42-3)15-9-24/h6-15,20,26,30H,4-5,16-19,21-23H2,1-3H3,(H,37,40). The van der Waals surface area contributed by atoms with E-state index in [0.29, 0.717) is 30.8 Å². The minimum Gasteiger partial charge on any atom is -0.497 e. The highest BCUT2D eigenvalue weighted by atomic mass is 19.1. The zero-order chi connectivity index (χ0) is 30.1. The zero-order valence-electron chi connectivity index (χ0n) is 24.7. The molecular weight excluding hydrogens is 536 g/mol. The molecule has 0 saturated carbocycles. The number of piperidine rings is 1. The van der Waals surface area contributed by atoms with Gasteiger partial charge in [0.05, 0.1) is 7.11 Å². The summed E-state index contributed by atoms with van der Waals surface area (Å²) in [5.74, 6) is -0.382. The van der Waals surface area contributed by atoms with Crippen LogP contribution < -0.4 is 10.1 Å². The maximum Gasteiger partial charge on any atom is 0.251 e. The number of carbonyl (C=O) groups excluding carboxylic acids is 2. The molecule has 1 saturated heterocycles. The fraction of sp³-hybridized carbons (Fsp3) is 0.412. The first-order chi connectivity index (χ1) is 20.3. The van der Waals surface area contributed by atoms with Crippen molar-refractivity contribution in [2.45, 2.75) is 65.2 Å². The van der Waals surface area contributed by atoms with E-state index in [1.165, 1.54) is 12.1 Å². The third-order valence-electron chi connectivity index (χ3n) is 8.21. The van der Waals surface area contributed by atoms with Crippen molar-refractivity contribution < 1.29 is 23.1 Å². The van der Waals surface area contributed by atoms with Crippen LogP contribution in [0.1, 0.15) is 66.6 Å². The molecule has 3 aromatic rings. The highest BCUT2D eigenvalue weighted by Crippen LogP contribution is 2.25. The van der Waals surface area contributed by atoms with Gasteiger partial charge in [0.15, 0.2) is 0 Å². The lowest BCUT2D eigenvalue weighted by Crippen LogP contribution is -2.48. The van der Waals surface area contributed by atoms with Crippen LogP contribution in [0.4, 0.5) is 8.78 Å². The van der Waals surface area contributed by atoms with E-state index in [0.717, 1.165) is 61.7 Å². The van der Waals surface area contributed by atoms with Crippen molar-refractivity contribution in [3.05, 3.63) is 101 Å². The van der Waals surface area contributed by atoms with Gasteiger partial charge in [0, 0.05) is 61.9 Å². The topological polar surface area (TPSA) is 61.9 Å². The quantitative estimate of drug-likeness (QED) is 0.273. The molecule has 0 aliphatic carbocycles. The van der Waals surface area contributed by atoms with E-state index in [4.69, 9.17) is 4.74 Å². The fourth-order valence-corrected chi connectivity index (χ4v) is 5.53. The molecule has 224 valence electrons. The second kappa shape index (κ2) is 14.9. The Morgan fingerprint density at radius 2 is 1.60 bits per heavy atom. The van der Waals surface area contributed by atoms with E-state index >= 15 is 0 Å². The van der Waals surface area contributed by atoms with E-state index in [1.807, 2.05) is 55.1 Å². The number of rotatable bonds is 12. The lowest BCUT2D eigenvalue weighted by Gasteiger charge is -2.40. The molecule has 2 amide bonds. The molecule has 4 rings (SSSR count). The highest BCUT2D eigenvalue weighted by Gasteiger charge is 2.31. The van der Waals surface area contributed by atoms with Crippen molar-refractivity contribution in [1.29, 1.82) is 0 Å². The van der Waals surface area contributed by atoms with Crippen molar-refractivity contribution in [2.24, 2.45) is 5.92 Å². The summed E-state index contributed by atoms with van der Waals surface area (Å²) in [5.41, 5.74) is 2.99. The number of benzene rings is 3. The molecule has 3 aromatic carbocycles. The van der Waals surface area contributed by atoms with Gasteiger partial charge in [-0.1, -0.05) is 44.2 Å². The number of carbonyl (C=O) groups is 2. The van der Waals surface area contributed by atoms with E-state index in [2.05, 4.69) is 10.2 Å². The molecule has 0 aromatic heterocycles. The van der Waals surface area contributed by atoms with Crippen molar-refractivity contribution in [2.75, 3.05) is 20.2 Å². The predicted octanol–water partition coefficient (Wildman–Crippen LogP) is 6.33. The van der Waals surface area contributed by atoms with Crippen molar-refractivity contribution in [1.82, 2.24) is 15.1 Å². The number of hydrogen-bond donors (Lipinski definition) is 1. The summed E-state index contributed by atoms with van der Waals surface area (Å²) in [5, 5.41) is 2.95. The van der Waals surface area contributed by atoms with Crippen LogP contribution in [0.5, 0.6) is 5.75 Å². The van der Waals surface area contributed by atoms with Crippen molar-refractivity contribution in [3.8, 4) is 5.75 Å². The molecule has 8 heteroatoms. The Balaban J connectivity index is 1.38. The lowest BCUT2D eigenvalue weighted by molar-refractivity contribution is -0.140. The van der Waals surface area contributed by atoms with Gasteiger partial charge in [0.25, 0.3) is 5.91 Å². The molecular formula is C34H41F2N3O3. The number of methoxy groups -OCH3 is 1. The van der Waals surface area contributed by atoms with E-state index in [-0.39, 0.29) is 23.8 Å². The molecule has 1 N–H and O–H groups in total. The molecule has 1 aliphatic rings. The van der Waals surface area contributed by atoms with Crippen LogP contribution in [0.3, 0.4) is 0 Å². The van der Waals surface area contributed by atoms with Gasteiger partial charge in [-0.05, 0) is 67.1 Å². The largest absolute Gasteiger partial charge is 0.497 e. The second-order valence-corrected chi connectivity index (χ2v) is 11.0. The minimum atomic E-state index is -0.576. The molecule has 0 radical (unpaired) electrons. The summed E-state index contributed by atoms with van der Waals surface area (Å²) in [6.45, 7) is 6.84. The summed E-state index contributed by atoms with van der Waals surface area (Å²) in [6.07, 6.45) is 3.12. The Hall–Kier alpha value is -3.78. The van der Waals surface area contributed by atoms with E-state index in [1.54, 1.807) is 19.2 Å². The Kier molecular flexibility index (Phi) is 11.1. The van der Waals surface area contributed by atoms with Crippen LogP contribution in [0.25, 0.3) is 0 Å². The first-order valence-corrected chi connectivity index (χ1v) is 14.8. The molecule has 42 heavy (non-hydrogen) atoms. The van der Waals surface area contributed by atoms with E-state index < -0.39 is 11.6 Å². The van der Waals surface area contributed by atoms with Crippen LogP contribution in [-0.2, 0) is 24.4 Å². The third kappa shape index (κ3) is 8.16. The number of likely N-dealkylation sites (tertiary alicyclic amines) is 1. The number of nitrogens with one attached hydrogen (secondary N) is 1. The smallest absolute Gasteiger partial charge is 0.251 e. The molecule has 1 heterocycles. The number of halogens is 2. The van der Waals surface area contributed by atoms with Crippen LogP contribution in [0.2, 0.25) is 0 Å². The Labute approximate surface area is 247 Å². The molecule has 1 aliphatic heterocycles. The second-order valence-electron chi connectivity index (χ2n) is 11.0. The number of hydrogen-bond acceptors (Lipinski definition) is 4. The summed E-state index contributed by atoms with van der Waals surface area (Å²) in [7, 11) is 1.62. The normalized spacial score (nSPS) is 14.1. The average Bonchev–Trinajstić information content (AvgIpc) is 3.01. The molecule has 1 fully saturated rings. The zero-order valence-corrected chi connectivity index (χ0v) is 24.7. The van der Waals surface area contributed by atoms with Crippen LogP contribution >= 0.6 is 0 Å². The number of ether oxygens (including phenoxy) is 1. The third-order valence-corrected chi connectivity index (χ3v) is 8.21. The van der Waals surface area contributed by atoms with Crippen molar-refractivity contribution in [3.63, 3.8) is 0 Å². The summed E-state index contributed by atoms with van der Waals surface area (Å²) in [4.78, 5) is 30.6. The summed E-state index contributed by atoms with van der Waals surface area (Å²) in [6, 6.07) is 18.8. The molecule has 0 bridgehead atoms. The molecule has 0 atom stereocenters. The average molecular weight is 578 g/mol. The predicted molar refractivity (Wildman–Crippen MR) is 160 cm³/mol.